The summed E-state index contributed by atoms with van der Waals surface area (Å²) in [5, 5.41) is 4.71. The van der Waals surface area contributed by atoms with Gasteiger partial charge in [0.15, 0.2) is 4.96 Å². The first kappa shape index (κ1) is 17.7. The zero-order valence-corrected chi connectivity index (χ0v) is 16.1. The number of fused-ring (bicyclic) bond motifs is 2. The number of thioether (sulfide) groups is 1. The van der Waals surface area contributed by atoms with Crippen LogP contribution in [0.25, 0.3) is 16.0 Å². The summed E-state index contributed by atoms with van der Waals surface area (Å²) in [6.07, 6.45) is 5.67. The van der Waals surface area contributed by atoms with Gasteiger partial charge in [-0.15, -0.1) is 11.3 Å². The van der Waals surface area contributed by atoms with Gasteiger partial charge in [-0.2, -0.15) is 11.8 Å². The van der Waals surface area contributed by atoms with E-state index < -0.39 is 5.91 Å². The predicted molar refractivity (Wildman–Crippen MR) is 109 cm³/mol. The lowest BCUT2D eigenvalue weighted by Crippen LogP contribution is -2.34. The maximum absolute atomic E-state index is 12.8. The second-order valence-electron chi connectivity index (χ2n) is 5.98. The summed E-state index contributed by atoms with van der Waals surface area (Å²) in [7, 11) is 0. The number of carbonyl (C=O) groups excluding carboxylic acids is 1. The van der Waals surface area contributed by atoms with Crippen molar-refractivity contribution in [3.63, 3.8) is 0 Å². The van der Waals surface area contributed by atoms with Gasteiger partial charge >= 0.3 is 0 Å². The van der Waals surface area contributed by atoms with E-state index in [1.165, 1.54) is 21.9 Å². The second kappa shape index (κ2) is 7.53. The van der Waals surface area contributed by atoms with Crippen molar-refractivity contribution < 1.29 is 4.79 Å². The number of amides is 1. The molecule has 0 bridgehead atoms. The Balaban J connectivity index is 1.65. The third kappa shape index (κ3) is 3.47. The number of benzene rings is 1. The van der Waals surface area contributed by atoms with E-state index >= 15 is 0 Å². The van der Waals surface area contributed by atoms with Gasteiger partial charge in [0.05, 0.1) is 17.1 Å². The Labute approximate surface area is 162 Å². The quantitative estimate of drug-likeness (QED) is 0.520. The van der Waals surface area contributed by atoms with Crippen molar-refractivity contribution in [1.29, 1.82) is 0 Å². The van der Waals surface area contributed by atoms with Gasteiger partial charge in [0.2, 0.25) is 0 Å². The molecule has 4 aromatic rings. The van der Waals surface area contributed by atoms with Crippen LogP contribution in [-0.4, -0.2) is 37.3 Å². The van der Waals surface area contributed by atoms with Crippen molar-refractivity contribution in [1.82, 2.24) is 24.7 Å². The van der Waals surface area contributed by atoms with Gasteiger partial charge < -0.3 is 10.3 Å². The Hall–Kier alpha value is -2.65. The molecule has 0 aliphatic heterocycles. The number of imidazole rings is 1. The molecule has 1 aromatic carbocycles. The van der Waals surface area contributed by atoms with Crippen molar-refractivity contribution >= 4 is 45.0 Å². The largest absolute Gasteiger partial charge is 0.342 e. The smallest absolute Gasteiger partial charge is 0.271 e. The molecule has 0 spiro atoms. The summed E-state index contributed by atoms with van der Waals surface area (Å²) in [5.74, 6) is 1.09. The van der Waals surface area contributed by atoms with Crippen LogP contribution in [0.5, 0.6) is 0 Å². The highest BCUT2D eigenvalue weighted by Gasteiger charge is 2.21. The average molecular weight is 400 g/mol. The molecule has 1 unspecified atom stereocenters. The van der Waals surface area contributed by atoms with Crippen LogP contribution in [0, 0.1) is 0 Å². The monoisotopic (exact) mass is 399 g/mol. The molecule has 3 heterocycles. The molecule has 9 heteroatoms. The lowest BCUT2D eigenvalue weighted by Gasteiger charge is -2.16. The number of rotatable bonds is 6. The van der Waals surface area contributed by atoms with Gasteiger partial charge in [-0.05, 0) is 30.6 Å². The van der Waals surface area contributed by atoms with Gasteiger partial charge in [-0.25, -0.2) is 9.97 Å². The number of para-hydroxylation sites is 2. The molecule has 138 valence electrons. The van der Waals surface area contributed by atoms with Crippen molar-refractivity contribution in [3.05, 3.63) is 63.8 Å². The maximum atomic E-state index is 12.8. The molecule has 0 aliphatic carbocycles. The van der Waals surface area contributed by atoms with Crippen molar-refractivity contribution in [2.45, 2.75) is 12.5 Å². The highest BCUT2D eigenvalue weighted by molar-refractivity contribution is 7.98. The molecule has 3 aromatic heterocycles. The predicted octanol–water partition coefficient (Wildman–Crippen LogP) is 2.86. The van der Waals surface area contributed by atoms with Gasteiger partial charge in [0.1, 0.15) is 11.4 Å². The van der Waals surface area contributed by atoms with Gasteiger partial charge in [-0.3, -0.25) is 14.0 Å². The third-order valence-electron chi connectivity index (χ3n) is 4.24. The number of aromatic amines is 1. The molecule has 0 radical (unpaired) electrons. The number of aromatic nitrogens is 4. The Morgan fingerprint density at radius 1 is 1.41 bits per heavy atom. The van der Waals surface area contributed by atoms with E-state index in [4.69, 9.17) is 0 Å². The van der Waals surface area contributed by atoms with E-state index in [0.29, 0.717) is 17.2 Å². The SMILES string of the molecule is CSCCC(NC(=O)c1cnc2sccn2c1=O)c1nc2ccccc2[nH]1. The number of nitrogens with one attached hydrogen (secondary N) is 2. The first-order valence-electron chi connectivity index (χ1n) is 8.36. The molecule has 2 N–H and O–H groups in total. The van der Waals surface area contributed by atoms with Gasteiger partial charge in [0.25, 0.3) is 11.5 Å². The standard InChI is InChI=1S/C18H17N5O2S2/c1-26-8-6-14(15-20-12-4-2-3-5-13(12)21-15)22-16(24)11-10-19-18-23(17(11)25)7-9-27-18/h2-5,7,9-10,14H,6,8H2,1H3,(H,20,21)(H,22,24). The number of carbonyl (C=O) groups is 1. The molecule has 0 aliphatic rings. The van der Waals surface area contributed by atoms with E-state index in [-0.39, 0.29) is 17.2 Å². The Morgan fingerprint density at radius 3 is 3.07 bits per heavy atom. The van der Waals surface area contributed by atoms with E-state index in [9.17, 15) is 9.59 Å². The number of hydrogen-bond donors (Lipinski definition) is 2. The minimum Gasteiger partial charge on any atom is -0.342 e. The van der Waals surface area contributed by atoms with Crippen LogP contribution in [0.3, 0.4) is 0 Å². The average Bonchev–Trinajstić information content (AvgIpc) is 3.32. The summed E-state index contributed by atoms with van der Waals surface area (Å²) in [4.78, 5) is 38.0. The first-order chi connectivity index (χ1) is 13.2. The minimum absolute atomic E-state index is 0.0242. The van der Waals surface area contributed by atoms with Crippen molar-refractivity contribution in [2.24, 2.45) is 0 Å². The molecule has 0 saturated carbocycles. The number of nitrogens with zero attached hydrogens (tertiary/aromatic N) is 3. The fraction of sp³-hybridized carbons (Fsp3) is 0.222. The third-order valence-corrected chi connectivity index (χ3v) is 5.66. The topological polar surface area (TPSA) is 92.2 Å². The normalized spacial score (nSPS) is 12.5. The summed E-state index contributed by atoms with van der Waals surface area (Å²) in [6.45, 7) is 0. The fourth-order valence-electron chi connectivity index (χ4n) is 2.87. The van der Waals surface area contributed by atoms with E-state index in [2.05, 4.69) is 20.3 Å². The van der Waals surface area contributed by atoms with Crippen molar-refractivity contribution in [2.75, 3.05) is 12.0 Å². The Bertz CT molecular complexity index is 1130. The lowest BCUT2D eigenvalue weighted by atomic mass is 10.2. The summed E-state index contributed by atoms with van der Waals surface area (Å²) < 4.78 is 1.39. The highest BCUT2D eigenvalue weighted by atomic mass is 32.2. The van der Waals surface area contributed by atoms with E-state index in [0.717, 1.165) is 16.8 Å². The van der Waals surface area contributed by atoms with Crippen LogP contribution >= 0.6 is 23.1 Å². The molecule has 0 saturated heterocycles. The Morgan fingerprint density at radius 2 is 2.26 bits per heavy atom. The summed E-state index contributed by atoms with van der Waals surface area (Å²) >= 11 is 3.04. The van der Waals surface area contributed by atoms with Crippen molar-refractivity contribution in [3.8, 4) is 0 Å². The number of thiazole rings is 1. The van der Waals surface area contributed by atoms with Gasteiger partial charge in [0, 0.05) is 17.8 Å². The molecular weight excluding hydrogens is 382 g/mol. The molecule has 27 heavy (non-hydrogen) atoms. The van der Waals surface area contributed by atoms with Crippen LogP contribution in [0.4, 0.5) is 0 Å². The molecule has 7 nitrogen and oxygen atoms in total. The van der Waals surface area contributed by atoms with Crippen LogP contribution in [0.2, 0.25) is 0 Å². The fourth-order valence-corrected chi connectivity index (χ4v) is 4.01. The molecule has 0 fully saturated rings. The number of H-pyrrole nitrogens is 1. The van der Waals surface area contributed by atoms with Crippen LogP contribution < -0.4 is 10.9 Å². The highest BCUT2D eigenvalue weighted by Crippen LogP contribution is 2.20. The summed E-state index contributed by atoms with van der Waals surface area (Å²) in [5.41, 5.74) is 1.41. The van der Waals surface area contributed by atoms with Gasteiger partial charge in [-0.1, -0.05) is 12.1 Å². The number of hydrogen-bond acceptors (Lipinski definition) is 6. The minimum atomic E-state index is -0.445. The maximum Gasteiger partial charge on any atom is 0.271 e. The molecular formula is C18H17N5O2S2. The van der Waals surface area contributed by atoms with Crippen LogP contribution in [0.1, 0.15) is 28.6 Å². The van der Waals surface area contributed by atoms with Crippen LogP contribution in [0.15, 0.2) is 46.8 Å². The zero-order chi connectivity index (χ0) is 18.8. The second-order valence-corrected chi connectivity index (χ2v) is 7.84. The first-order valence-corrected chi connectivity index (χ1v) is 10.6. The molecule has 1 amide bonds. The Kier molecular flexibility index (Phi) is 4.95. The van der Waals surface area contributed by atoms with Crippen LogP contribution in [-0.2, 0) is 0 Å². The van der Waals surface area contributed by atoms with E-state index in [1.54, 1.807) is 23.3 Å². The lowest BCUT2D eigenvalue weighted by molar-refractivity contribution is 0.0932. The summed E-state index contributed by atoms with van der Waals surface area (Å²) in [6, 6.07) is 7.40. The zero-order valence-electron chi connectivity index (χ0n) is 14.5. The van der Waals surface area contributed by atoms with E-state index in [1.807, 2.05) is 30.5 Å². The molecule has 1 atom stereocenters. The molecule has 4 rings (SSSR count).